The smallest absolute Gasteiger partial charge is 0.316 e. The minimum absolute atomic E-state index is 0.0240. The van der Waals surface area contributed by atoms with E-state index in [-0.39, 0.29) is 5.91 Å². The highest BCUT2D eigenvalue weighted by molar-refractivity contribution is 5.96. The van der Waals surface area contributed by atoms with Gasteiger partial charge < -0.3 is 16.0 Å². The highest BCUT2D eigenvalue weighted by atomic mass is 16.2. The molecule has 0 aliphatic heterocycles. The Morgan fingerprint density at radius 2 is 2.05 bits per heavy atom. The van der Waals surface area contributed by atoms with E-state index in [2.05, 4.69) is 12.2 Å². The first-order valence-electron chi connectivity index (χ1n) is 6.54. The first kappa shape index (κ1) is 15.0. The third kappa shape index (κ3) is 4.62. The summed E-state index contributed by atoms with van der Waals surface area (Å²) in [7, 11) is 0. The molecule has 0 radical (unpaired) electrons. The summed E-state index contributed by atoms with van der Waals surface area (Å²) in [5, 5.41) is 2.47. The van der Waals surface area contributed by atoms with Gasteiger partial charge in [0.05, 0.1) is 0 Å². The van der Waals surface area contributed by atoms with Gasteiger partial charge in [-0.05, 0) is 31.5 Å². The van der Waals surface area contributed by atoms with Crippen LogP contribution in [0.15, 0.2) is 24.3 Å². The standard InChI is InChI=1S/C14H21N3O2/c1-3-5-9-17(4-2)13(18)11-7-6-8-12(10-11)16-14(15)19/h6-8,10H,3-5,9H2,1-2H3,(H3,15,16,19). The van der Waals surface area contributed by atoms with Gasteiger partial charge in [0.2, 0.25) is 0 Å². The summed E-state index contributed by atoms with van der Waals surface area (Å²) < 4.78 is 0. The minimum Gasteiger partial charge on any atom is -0.351 e. The van der Waals surface area contributed by atoms with Gasteiger partial charge in [0, 0.05) is 24.3 Å². The average Bonchev–Trinajstić information content (AvgIpc) is 2.39. The number of hydrogen-bond acceptors (Lipinski definition) is 2. The monoisotopic (exact) mass is 263 g/mol. The number of nitrogens with two attached hydrogens (primary N) is 1. The number of anilines is 1. The summed E-state index contributed by atoms with van der Waals surface area (Å²) >= 11 is 0. The molecule has 3 N–H and O–H groups in total. The zero-order valence-corrected chi connectivity index (χ0v) is 11.5. The molecule has 0 fully saturated rings. The van der Waals surface area contributed by atoms with Crippen LogP contribution in [0, 0.1) is 0 Å². The third-order valence-corrected chi connectivity index (χ3v) is 2.83. The second-order valence-electron chi connectivity index (χ2n) is 4.31. The van der Waals surface area contributed by atoms with E-state index < -0.39 is 6.03 Å². The molecule has 1 rings (SSSR count). The summed E-state index contributed by atoms with van der Waals surface area (Å²) in [6.45, 7) is 5.47. The van der Waals surface area contributed by atoms with Gasteiger partial charge in [-0.25, -0.2) is 4.79 Å². The fraction of sp³-hybridized carbons (Fsp3) is 0.429. The number of benzene rings is 1. The van der Waals surface area contributed by atoms with Gasteiger partial charge in [0.15, 0.2) is 0 Å². The van der Waals surface area contributed by atoms with E-state index in [9.17, 15) is 9.59 Å². The maximum atomic E-state index is 12.3. The first-order valence-corrected chi connectivity index (χ1v) is 6.54. The molecule has 104 valence electrons. The predicted octanol–water partition coefficient (Wildman–Crippen LogP) is 2.44. The van der Waals surface area contributed by atoms with Crippen LogP contribution in [-0.4, -0.2) is 29.9 Å². The Bertz CT molecular complexity index is 446. The van der Waals surface area contributed by atoms with Crippen LogP contribution in [-0.2, 0) is 0 Å². The van der Waals surface area contributed by atoms with E-state index in [1.807, 2.05) is 6.92 Å². The number of rotatable bonds is 6. The Morgan fingerprint density at radius 1 is 1.32 bits per heavy atom. The molecule has 0 aromatic heterocycles. The van der Waals surface area contributed by atoms with E-state index in [1.54, 1.807) is 29.2 Å². The number of urea groups is 1. The largest absolute Gasteiger partial charge is 0.351 e. The molecule has 0 aliphatic rings. The van der Waals surface area contributed by atoms with Gasteiger partial charge in [-0.3, -0.25) is 4.79 Å². The van der Waals surface area contributed by atoms with Crippen molar-refractivity contribution >= 4 is 17.6 Å². The number of amides is 3. The molecule has 1 aromatic carbocycles. The molecule has 0 atom stereocenters. The number of nitrogens with zero attached hydrogens (tertiary/aromatic N) is 1. The molecule has 0 aliphatic carbocycles. The van der Waals surface area contributed by atoms with Crippen molar-refractivity contribution in [2.45, 2.75) is 26.7 Å². The minimum atomic E-state index is -0.636. The Morgan fingerprint density at radius 3 is 2.63 bits per heavy atom. The van der Waals surface area contributed by atoms with E-state index in [4.69, 9.17) is 5.73 Å². The molecule has 0 spiro atoms. The maximum absolute atomic E-state index is 12.3. The summed E-state index contributed by atoms with van der Waals surface area (Å²) in [6, 6.07) is 6.17. The van der Waals surface area contributed by atoms with Gasteiger partial charge >= 0.3 is 6.03 Å². The van der Waals surface area contributed by atoms with Crippen LogP contribution in [0.2, 0.25) is 0 Å². The molecule has 0 unspecified atom stereocenters. The number of carbonyl (C=O) groups excluding carboxylic acids is 2. The Balaban J connectivity index is 2.82. The lowest BCUT2D eigenvalue weighted by atomic mass is 10.1. The van der Waals surface area contributed by atoms with Crippen LogP contribution in [0.4, 0.5) is 10.5 Å². The SMILES string of the molecule is CCCCN(CC)C(=O)c1cccc(NC(N)=O)c1. The second kappa shape index (κ2) is 7.41. The number of carbonyl (C=O) groups is 2. The third-order valence-electron chi connectivity index (χ3n) is 2.83. The fourth-order valence-corrected chi connectivity index (χ4v) is 1.81. The molecule has 0 saturated carbocycles. The highest BCUT2D eigenvalue weighted by Gasteiger charge is 2.13. The van der Waals surface area contributed by atoms with Gasteiger partial charge in [-0.2, -0.15) is 0 Å². The molecule has 5 nitrogen and oxygen atoms in total. The van der Waals surface area contributed by atoms with Crippen LogP contribution in [0.1, 0.15) is 37.0 Å². The topological polar surface area (TPSA) is 75.4 Å². The molecule has 5 heteroatoms. The average molecular weight is 263 g/mol. The molecule has 19 heavy (non-hydrogen) atoms. The van der Waals surface area contributed by atoms with Crippen LogP contribution in [0.5, 0.6) is 0 Å². The summed E-state index contributed by atoms with van der Waals surface area (Å²) in [5.74, 6) is -0.0240. The van der Waals surface area contributed by atoms with Crippen LogP contribution in [0.3, 0.4) is 0 Å². The van der Waals surface area contributed by atoms with Gasteiger partial charge in [0.1, 0.15) is 0 Å². The van der Waals surface area contributed by atoms with E-state index in [1.165, 1.54) is 0 Å². The zero-order chi connectivity index (χ0) is 14.3. The number of nitrogens with one attached hydrogen (secondary N) is 1. The fourth-order valence-electron chi connectivity index (χ4n) is 1.81. The van der Waals surface area contributed by atoms with Crippen molar-refractivity contribution in [2.24, 2.45) is 5.73 Å². The zero-order valence-electron chi connectivity index (χ0n) is 11.5. The van der Waals surface area contributed by atoms with Gasteiger partial charge in [-0.1, -0.05) is 19.4 Å². The highest BCUT2D eigenvalue weighted by Crippen LogP contribution is 2.13. The van der Waals surface area contributed by atoms with Gasteiger partial charge in [-0.15, -0.1) is 0 Å². The number of primary amides is 1. The van der Waals surface area contributed by atoms with Crippen LogP contribution in [0.25, 0.3) is 0 Å². The summed E-state index contributed by atoms with van der Waals surface area (Å²) in [4.78, 5) is 24.9. The predicted molar refractivity (Wildman–Crippen MR) is 76.1 cm³/mol. The molecule has 0 saturated heterocycles. The Labute approximate surface area is 113 Å². The molecule has 0 bridgehead atoms. The molecule has 1 aromatic rings. The van der Waals surface area contributed by atoms with Crippen molar-refractivity contribution in [3.05, 3.63) is 29.8 Å². The summed E-state index contributed by atoms with van der Waals surface area (Å²) in [5.41, 5.74) is 6.15. The normalized spacial score (nSPS) is 10.0. The first-order chi connectivity index (χ1) is 9.08. The van der Waals surface area contributed by atoms with Crippen molar-refractivity contribution in [1.82, 2.24) is 4.90 Å². The maximum Gasteiger partial charge on any atom is 0.316 e. The lowest BCUT2D eigenvalue weighted by Crippen LogP contribution is -2.31. The quantitative estimate of drug-likeness (QED) is 0.827. The molecular formula is C14H21N3O2. The number of unbranched alkanes of at least 4 members (excludes halogenated alkanes) is 1. The van der Waals surface area contributed by atoms with Crippen molar-refractivity contribution in [3.63, 3.8) is 0 Å². The van der Waals surface area contributed by atoms with Crippen LogP contribution >= 0.6 is 0 Å². The number of hydrogen-bond donors (Lipinski definition) is 2. The van der Waals surface area contributed by atoms with Crippen molar-refractivity contribution in [3.8, 4) is 0 Å². The van der Waals surface area contributed by atoms with Gasteiger partial charge in [0.25, 0.3) is 5.91 Å². The lowest BCUT2D eigenvalue weighted by molar-refractivity contribution is 0.0762. The second-order valence-corrected chi connectivity index (χ2v) is 4.31. The lowest BCUT2D eigenvalue weighted by Gasteiger charge is -2.20. The van der Waals surface area contributed by atoms with Crippen molar-refractivity contribution in [2.75, 3.05) is 18.4 Å². The van der Waals surface area contributed by atoms with E-state index >= 15 is 0 Å². The van der Waals surface area contributed by atoms with Crippen LogP contribution < -0.4 is 11.1 Å². The van der Waals surface area contributed by atoms with E-state index in [0.29, 0.717) is 17.8 Å². The summed E-state index contributed by atoms with van der Waals surface area (Å²) in [6.07, 6.45) is 2.03. The molecule has 3 amide bonds. The Kier molecular flexibility index (Phi) is 5.85. The van der Waals surface area contributed by atoms with Crippen molar-refractivity contribution in [1.29, 1.82) is 0 Å². The van der Waals surface area contributed by atoms with E-state index in [0.717, 1.165) is 19.4 Å². The molecular weight excluding hydrogens is 242 g/mol. The Hall–Kier alpha value is -2.04. The molecule has 0 heterocycles. The van der Waals surface area contributed by atoms with Crippen molar-refractivity contribution < 1.29 is 9.59 Å².